The van der Waals surface area contributed by atoms with E-state index in [1.165, 1.54) is 0 Å². The van der Waals surface area contributed by atoms with Crippen LogP contribution in [0, 0.1) is 5.92 Å². The first kappa shape index (κ1) is 17.2. The summed E-state index contributed by atoms with van der Waals surface area (Å²) in [5, 5.41) is 11.4. The van der Waals surface area contributed by atoms with Crippen molar-refractivity contribution in [3.63, 3.8) is 0 Å². The van der Waals surface area contributed by atoms with Crippen LogP contribution < -0.4 is 10.6 Å². The summed E-state index contributed by atoms with van der Waals surface area (Å²) in [4.78, 5) is 17.1. The number of carbonyl (C=O) groups is 1. The number of nitrogens with one attached hydrogen (secondary N) is 2. The summed E-state index contributed by atoms with van der Waals surface area (Å²) in [6.45, 7) is 4.03. The van der Waals surface area contributed by atoms with Crippen molar-refractivity contribution in [2.24, 2.45) is 5.92 Å². The highest BCUT2D eigenvalue weighted by molar-refractivity contribution is 5.95. The topological polar surface area (TPSA) is 71.8 Å². The van der Waals surface area contributed by atoms with Gasteiger partial charge in [0.15, 0.2) is 0 Å². The predicted molar refractivity (Wildman–Crippen MR) is 102 cm³/mol. The molecule has 2 aliphatic heterocycles. The van der Waals surface area contributed by atoms with E-state index in [1.807, 2.05) is 25.4 Å². The van der Waals surface area contributed by atoms with Crippen LogP contribution in [0.3, 0.4) is 0 Å². The van der Waals surface area contributed by atoms with Crippen LogP contribution in [0.5, 0.6) is 0 Å². The van der Waals surface area contributed by atoms with Gasteiger partial charge in [-0.2, -0.15) is 5.10 Å². The predicted octanol–water partition coefficient (Wildman–Crippen LogP) is 3.17. The summed E-state index contributed by atoms with van der Waals surface area (Å²) in [6.07, 6.45) is 9.96. The van der Waals surface area contributed by atoms with E-state index < -0.39 is 0 Å². The lowest BCUT2D eigenvalue weighted by Gasteiger charge is -2.22. The van der Waals surface area contributed by atoms with Crippen molar-refractivity contribution in [1.82, 2.24) is 20.1 Å². The van der Waals surface area contributed by atoms with Crippen molar-refractivity contribution < 1.29 is 4.79 Å². The lowest BCUT2D eigenvalue weighted by atomic mass is 10.00. The summed E-state index contributed by atoms with van der Waals surface area (Å²) in [7, 11) is 0. The molecular weight excluding hydrogens is 326 g/mol. The van der Waals surface area contributed by atoms with Gasteiger partial charge in [-0.15, -0.1) is 0 Å². The molecule has 2 aromatic heterocycles. The molecule has 6 heteroatoms. The van der Waals surface area contributed by atoms with Crippen molar-refractivity contribution in [1.29, 1.82) is 0 Å². The zero-order valence-electron chi connectivity index (χ0n) is 15.4. The van der Waals surface area contributed by atoms with Crippen LogP contribution in [0.1, 0.15) is 50.8 Å². The number of carbonyl (C=O) groups excluding carboxylic acids is 1. The number of nitrogens with zero attached hydrogens (tertiary/aromatic N) is 3. The van der Waals surface area contributed by atoms with Gasteiger partial charge in [0.2, 0.25) is 5.91 Å². The van der Waals surface area contributed by atoms with Gasteiger partial charge >= 0.3 is 0 Å². The van der Waals surface area contributed by atoms with Gasteiger partial charge in [-0.3, -0.25) is 14.5 Å². The molecule has 138 valence electrons. The molecule has 0 aromatic carbocycles. The monoisotopic (exact) mass is 353 g/mol. The van der Waals surface area contributed by atoms with Crippen LogP contribution in [0.25, 0.3) is 11.3 Å². The first-order chi connectivity index (χ1) is 12.7. The second kappa shape index (κ2) is 7.58. The van der Waals surface area contributed by atoms with Crippen LogP contribution in [-0.4, -0.2) is 33.8 Å². The van der Waals surface area contributed by atoms with Gasteiger partial charge in [0.1, 0.15) is 5.69 Å². The van der Waals surface area contributed by atoms with Crippen LogP contribution in [-0.2, 0) is 11.2 Å². The SMILES string of the molecule is CC1CCCCc2cc(ccn2)-c2nn(C3CCNCC3)cc2NC1=O. The third-order valence-corrected chi connectivity index (χ3v) is 5.53. The molecule has 2 aromatic rings. The number of aryl methyl sites for hydroxylation is 1. The number of hydrogen-bond acceptors (Lipinski definition) is 4. The molecule has 2 aliphatic rings. The molecule has 4 heterocycles. The number of amides is 1. The van der Waals surface area contributed by atoms with Gasteiger partial charge in [0.25, 0.3) is 0 Å². The maximum absolute atomic E-state index is 12.6. The minimum atomic E-state index is 0.0100. The second-order valence-electron chi connectivity index (χ2n) is 7.52. The van der Waals surface area contributed by atoms with Crippen LogP contribution in [0.15, 0.2) is 24.5 Å². The number of aromatic nitrogens is 3. The Morgan fingerprint density at radius 2 is 2.04 bits per heavy atom. The average Bonchev–Trinajstić information content (AvgIpc) is 3.09. The van der Waals surface area contributed by atoms with E-state index in [0.717, 1.165) is 74.3 Å². The van der Waals surface area contributed by atoms with E-state index in [4.69, 9.17) is 5.10 Å². The summed E-state index contributed by atoms with van der Waals surface area (Å²) < 4.78 is 2.05. The number of hydrogen-bond donors (Lipinski definition) is 2. The molecule has 1 fully saturated rings. The van der Waals surface area contributed by atoms with Gasteiger partial charge in [-0.25, -0.2) is 0 Å². The Bertz CT molecular complexity index is 778. The Labute approximate surface area is 154 Å². The number of pyridine rings is 1. The summed E-state index contributed by atoms with van der Waals surface area (Å²) in [6, 6.07) is 4.49. The highest BCUT2D eigenvalue weighted by atomic mass is 16.1. The standard InChI is InChI=1S/C20H27N5O/c1-14-4-2-3-5-16-12-15(6-11-22-16)19-18(23-20(14)26)13-25(24-19)17-7-9-21-10-8-17/h6,11-14,17,21H,2-5,7-10H2,1H3,(H,23,26). The number of piperidine rings is 1. The third-order valence-electron chi connectivity index (χ3n) is 5.53. The highest BCUT2D eigenvalue weighted by Crippen LogP contribution is 2.31. The van der Waals surface area contributed by atoms with Crippen molar-refractivity contribution in [3.8, 4) is 11.3 Å². The zero-order valence-corrected chi connectivity index (χ0v) is 15.4. The van der Waals surface area contributed by atoms with E-state index in [-0.39, 0.29) is 11.8 Å². The molecule has 6 nitrogen and oxygen atoms in total. The molecule has 4 rings (SSSR count). The van der Waals surface area contributed by atoms with Crippen molar-refractivity contribution in [2.45, 2.75) is 51.5 Å². The number of fused-ring (bicyclic) bond motifs is 4. The van der Waals surface area contributed by atoms with Gasteiger partial charge in [-0.05, 0) is 57.3 Å². The van der Waals surface area contributed by atoms with Crippen LogP contribution in [0.2, 0.25) is 0 Å². The summed E-state index contributed by atoms with van der Waals surface area (Å²) in [5.74, 6) is 0.0989. The van der Waals surface area contributed by atoms with Gasteiger partial charge < -0.3 is 10.6 Å². The Morgan fingerprint density at radius 3 is 2.88 bits per heavy atom. The van der Waals surface area contributed by atoms with E-state index >= 15 is 0 Å². The molecule has 0 saturated carbocycles. The Kier molecular flexibility index (Phi) is 5.02. The molecule has 1 unspecified atom stereocenters. The largest absolute Gasteiger partial charge is 0.323 e. The fraction of sp³-hybridized carbons (Fsp3) is 0.550. The minimum absolute atomic E-state index is 0.0100. The van der Waals surface area contributed by atoms with Crippen molar-refractivity contribution in [3.05, 3.63) is 30.2 Å². The molecule has 1 atom stereocenters. The smallest absolute Gasteiger partial charge is 0.227 e. The first-order valence-corrected chi connectivity index (χ1v) is 9.77. The van der Waals surface area contributed by atoms with E-state index in [2.05, 4.69) is 26.4 Å². The number of rotatable bonds is 1. The first-order valence-electron chi connectivity index (χ1n) is 9.77. The Balaban J connectivity index is 1.74. The molecule has 1 saturated heterocycles. The average molecular weight is 353 g/mol. The normalized spacial score (nSPS) is 22.0. The molecule has 0 aliphatic carbocycles. The molecule has 2 bridgehead atoms. The van der Waals surface area contributed by atoms with Crippen LogP contribution >= 0.6 is 0 Å². The van der Waals surface area contributed by atoms with E-state index in [9.17, 15) is 4.79 Å². The number of anilines is 1. The quantitative estimate of drug-likeness (QED) is 0.826. The molecule has 0 radical (unpaired) electrons. The molecule has 0 spiro atoms. The lowest BCUT2D eigenvalue weighted by molar-refractivity contribution is -0.119. The Morgan fingerprint density at radius 1 is 1.19 bits per heavy atom. The van der Waals surface area contributed by atoms with Gasteiger partial charge in [0.05, 0.1) is 11.7 Å². The third kappa shape index (κ3) is 3.65. The van der Waals surface area contributed by atoms with Gasteiger partial charge in [-0.1, -0.05) is 13.3 Å². The molecule has 26 heavy (non-hydrogen) atoms. The summed E-state index contributed by atoms with van der Waals surface area (Å²) >= 11 is 0. The van der Waals surface area contributed by atoms with Gasteiger partial charge in [0, 0.05) is 29.6 Å². The van der Waals surface area contributed by atoms with Crippen molar-refractivity contribution >= 4 is 11.6 Å². The summed E-state index contributed by atoms with van der Waals surface area (Å²) in [5.41, 5.74) is 3.81. The fourth-order valence-electron chi connectivity index (χ4n) is 3.86. The second-order valence-corrected chi connectivity index (χ2v) is 7.52. The highest BCUT2D eigenvalue weighted by Gasteiger charge is 2.22. The fourth-order valence-corrected chi connectivity index (χ4v) is 3.86. The minimum Gasteiger partial charge on any atom is -0.323 e. The van der Waals surface area contributed by atoms with Crippen molar-refractivity contribution in [2.75, 3.05) is 18.4 Å². The zero-order chi connectivity index (χ0) is 17.9. The van der Waals surface area contributed by atoms with Crippen LogP contribution in [0.4, 0.5) is 5.69 Å². The maximum atomic E-state index is 12.6. The van der Waals surface area contributed by atoms with E-state index in [0.29, 0.717) is 6.04 Å². The molecule has 2 N–H and O–H groups in total. The molecule has 1 amide bonds. The Hall–Kier alpha value is -2.21. The lowest BCUT2D eigenvalue weighted by Crippen LogP contribution is -2.29. The van der Waals surface area contributed by atoms with E-state index in [1.54, 1.807) is 0 Å². The maximum Gasteiger partial charge on any atom is 0.227 e. The molecular formula is C20H27N5O.